The molecule has 82 valence electrons. The Labute approximate surface area is 93.2 Å². The topological polar surface area (TPSA) is 0 Å². The highest BCUT2D eigenvalue weighted by atomic mass is 32.2. The highest BCUT2D eigenvalue weighted by Gasteiger charge is 2.20. The molecule has 2 aliphatic rings. The van der Waals surface area contributed by atoms with E-state index in [0.29, 0.717) is 0 Å². The third-order valence-electron chi connectivity index (χ3n) is 3.40. The molecule has 0 spiro atoms. The van der Waals surface area contributed by atoms with Gasteiger partial charge >= 0.3 is 0 Å². The van der Waals surface area contributed by atoms with Gasteiger partial charge < -0.3 is 0 Å². The van der Waals surface area contributed by atoms with Crippen molar-refractivity contribution in [2.24, 2.45) is 11.8 Å². The maximum Gasteiger partial charge on any atom is -0.00391 e. The van der Waals surface area contributed by atoms with E-state index in [1.807, 2.05) is 0 Å². The molecular weight excluding hydrogens is 188 g/mol. The molecule has 0 aromatic carbocycles. The Hall–Kier alpha value is 0.350. The van der Waals surface area contributed by atoms with E-state index in [-0.39, 0.29) is 0 Å². The molecule has 1 heteroatoms. The molecular formula is C13H24S. The zero-order valence-electron chi connectivity index (χ0n) is 9.34. The van der Waals surface area contributed by atoms with Crippen LogP contribution in [-0.2, 0) is 0 Å². The van der Waals surface area contributed by atoms with Gasteiger partial charge in [0.25, 0.3) is 0 Å². The second-order valence-electron chi connectivity index (χ2n) is 5.16. The third-order valence-corrected chi connectivity index (χ3v) is 4.68. The molecule has 0 bridgehead atoms. The SMILES string of the molecule is C(CCCC1CC1)CCSCC1CC1. The van der Waals surface area contributed by atoms with Crippen LogP contribution in [0.4, 0.5) is 0 Å². The standard InChI is InChI=1S/C13H24S/c1(3-5-12-6-7-12)2-4-10-14-11-13-8-9-13/h12-13H,1-11H2. The van der Waals surface area contributed by atoms with Gasteiger partial charge in [0.05, 0.1) is 0 Å². The normalized spacial score (nSPS) is 21.4. The van der Waals surface area contributed by atoms with Crippen molar-refractivity contribution in [2.45, 2.75) is 57.8 Å². The molecule has 0 N–H and O–H groups in total. The Bertz CT molecular complexity index is 129. The van der Waals surface area contributed by atoms with Crippen LogP contribution in [0.25, 0.3) is 0 Å². The molecule has 0 amide bonds. The molecule has 14 heavy (non-hydrogen) atoms. The maximum atomic E-state index is 2.20. The summed E-state index contributed by atoms with van der Waals surface area (Å²) in [7, 11) is 0. The minimum atomic E-state index is 1.12. The monoisotopic (exact) mass is 212 g/mol. The average molecular weight is 212 g/mol. The molecule has 2 rings (SSSR count). The summed E-state index contributed by atoms with van der Waals surface area (Å²) in [4.78, 5) is 0. The van der Waals surface area contributed by atoms with E-state index in [0.717, 1.165) is 11.8 Å². The van der Waals surface area contributed by atoms with Crippen molar-refractivity contribution in [3.8, 4) is 0 Å². The number of hydrogen-bond donors (Lipinski definition) is 0. The summed E-state index contributed by atoms with van der Waals surface area (Å²) in [6, 6.07) is 0. The van der Waals surface area contributed by atoms with Gasteiger partial charge in [-0.3, -0.25) is 0 Å². The first kappa shape index (κ1) is 10.9. The predicted molar refractivity (Wildman–Crippen MR) is 65.9 cm³/mol. The smallest absolute Gasteiger partial charge is 0.00391 e. The molecule has 0 radical (unpaired) electrons. The largest absolute Gasteiger partial charge is 0.162 e. The summed E-state index contributed by atoms with van der Waals surface area (Å²) in [5.74, 6) is 5.16. The molecule has 0 aromatic heterocycles. The molecule has 0 nitrogen and oxygen atoms in total. The lowest BCUT2D eigenvalue weighted by Crippen LogP contribution is -1.86. The van der Waals surface area contributed by atoms with Crippen molar-refractivity contribution in [3.63, 3.8) is 0 Å². The van der Waals surface area contributed by atoms with Crippen LogP contribution in [0.15, 0.2) is 0 Å². The number of unbranched alkanes of at least 4 members (excludes halogenated alkanes) is 3. The van der Waals surface area contributed by atoms with E-state index in [2.05, 4.69) is 11.8 Å². The molecule has 2 fully saturated rings. The minimum Gasteiger partial charge on any atom is -0.162 e. The fourth-order valence-corrected chi connectivity index (χ4v) is 3.17. The Balaban J connectivity index is 1.25. The molecule has 0 atom stereocenters. The van der Waals surface area contributed by atoms with Crippen molar-refractivity contribution in [2.75, 3.05) is 11.5 Å². The zero-order valence-corrected chi connectivity index (χ0v) is 10.2. The summed E-state index contributed by atoms with van der Waals surface area (Å²) in [6.07, 6.45) is 13.6. The summed E-state index contributed by atoms with van der Waals surface area (Å²) in [5.41, 5.74) is 0. The first-order valence-electron chi connectivity index (χ1n) is 6.53. The van der Waals surface area contributed by atoms with Gasteiger partial charge in [0.15, 0.2) is 0 Å². The van der Waals surface area contributed by atoms with Crippen LogP contribution in [0.1, 0.15) is 57.8 Å². The molecule has 0 aromatic rings. The van der Waals surface area contributed by atoms with Crippen LogP contribution in [-0.4, -0.2) is 11.5 Å². The quantitative estimate of drug-likeness (QED) is 0.507. The van der Waals surface area contributed by atoms with E-state index in [4.69, 9.17) is 0 Å². The maximum absolute atomic E-state index is 2.20. The first-order chi connectivity index (χ1) is 6.95. The second-order valence-corrected chi connectivity index (χ2v) is 6.31. The first-order valence-corrected chi connectivity index (χ1v) is 7.68. The Morgan fingerprint density at radius 3 is 2.21 bits per heavy atom. The Morgan fingerprint density at radius 1 is 0.786 bits per heavy atom. The molecule has 0 heterocycles. The molecule has 0 unspecified atom stereocenters. The summed E-state index contributed by atoms with van der Waals surface area (Å²) < 4.78 is 0. The lowest BCUT2D eigenvalue weighted by atomic mass is 10.1. The lowest BCUT2D eigenvalue weighted by molar-refractivity contribution is 0.599. The highest BCUT2D eigenvalue weighted by Crippen LogP contribution is 2.34. The van der Waals surface area contributed by atoms with Gasteiger partial charge in [0.1, 0.15) is 0 Å². The van der Waals surface area contributed by atoms with Gasteiger partial charge in [0.2, 0.25) is 0 Å². The van der Waals surface area contributed by atoms with E-state index in [9.17, 15) is 0 Å². The average Bonchev–Trinajstić information content (AvgIpc) is 3.00. The fourth-order valence-electron chi connectivity index (χ4n) is 1.93. The molecule has 2 aliphatic carbocycles. The predicted octanol–water partition coefficient (Wildman–Crippen LogP) is 4.49. The van der Waals surface area contributed by atoms with Gasteiger partial charge in [0, 0.05) is 0 Å². The van der Waals surface area contributed by atoms with Gasteiger partial charge in [-0.2, -0.15) is 11.8 Å². The van der Waals surface area contributed by atoms with Crippen LogP contribution < -0.4 is 0 Å². The van der Waals surface area contributed by atoms with E-state index >= 15 is 0 Å². The molecule has 2 saturated carbocycles. The van der Waals surface area contributed by atoms with Crippen LogP contribution in [0.3, 0.4) is 0 Å². The lowest BCUT2D eigenvalue weighted by Gasteiger charge is -2.01. The van der Waals surface area contributed by atoms with E-state index in [1.165, 1.54) is 69.3 Å². The van der Waals surface area contributed by atoms with Gasteiger partial charge in [-0.15, -0.1) is 0 Å². The minimum absolute atomic E-state index is 1.12. The van der Waals surface area contributed by atoms with Crippen LogP contribution >= 0.6 is 11.8 Å². The van der Waals surface area contributed by atoms with Crippen LogP contribution in [0.5, 0.6) is 0 Å². The van der Waals surface area contributed by atoms with Crippen molar-refractivity contribution >= 4 is 11.8 Å². The van der Waals surface area contributed by atoms with Gasteiger partial charge in [-0.05, 0) is 42.6 Å². The van der Waals surface area contributed by atoms with E-state index in [1.54, 1.807) is 0 Å². The molecule has 0 saturated heterocycles. The summed E-state index contributed by atoms with van der Waals surface area (Å²) in [5, 5.41) is 0. The highest BCUT2D eigenvalue weighted by molar-refractivity contribution is 7.99. The number of rotatable bonds is 9. The van der Waals surface area contributed by atoms with Gasteiger partial charge in [-0.1, -0.05) is 38.5 Å². The van der Waals surface area contributed by atoms with Crippen molar-refractivity contribution in [1.29, 1.82) is 0 Å². The van der Waals surface area contributed by atoms with Crippen LogP contribution in [0, 0.1) is 11.8 Å². The van der Waals surface area contributed by atoms with Crippen molar-refractivity contribution in [1.82, 2.24) is 0 Å². The zero-order chi connectivity index (χ0) is 9.64. The van der Waals surface area contributed by atoms with Gasteiger partial charge in [-0.25, -0.2) is 0 Å². The van der Waals surface area contributed by atoms with Crippen molar-refractivity contribution < 1.29 is 0 Å². The summed E-state index contributed by atoms with van der Waals surface area (Å²) >= 11 is 2.20. The molecule has 0 aliphatic heterocycles. The van der Waals surface area contributed by atoms with Crippen molar-refractivity contribution in [3.05, 3.63) is 0 Å². The summed E-state index contributed by atoms with van der Waals surface area (Å²) in [6.45, 7) is 0. The number of thioether (sulfide) groups is 1. The van der Waals surface area contributed by atoms with Crippen LogP contribution in [0.2, 0.25) is 0 Å². The number of hydrogen-bond acceptors (Lipinski definition) is 1. The fraction of sp³-hybridized carbons (Fsp3) is 1.00. The Kier molecular flexibility index (Phi) is 4.69. The second kappa shape index (κ2) is 6.05. The van der Waals surface area contributed by atoms with E-state index < -0.39 is 0 Å². The Morgan fingerprint density at radius 2 is 1.50 bits per heavy atom. The third kappa shape index (κ3) is 5.29.